The van der Waals surface area contributed by atoms with Crippen LogP contribution >= 0.6 is 0 Å². The number of carbonyl (C=O) groups excluding carboxylic acids is 1. The predicted molar refractivity (Wildman–Crippen MR) is 78.1 cm³/mol. The van der Waals surface area contributed by atoms with Crippen LogP contribution in [-0.4, -0.2) is 44.8 Å². The lowest BCUT2D eigenvalue weighted by molar-refractivity contribution is -0.141. The number of nitrogens with two attached hydrogens (primary N) is 1. The van der Waals surface area contributed by atoms with E-state index in [1.165, 1.54) is 19.2 Å². The number of halogens is 1. The summed E-state index contributed by atoms with van der Waals surface area (Å²) in [4.78, 5) is 13.3. The Morgan fingerprint density at radius 3 is 2.57 bits per heavy atom. The van der Waals surface area contributed by atoms with Crippen LogP contribution in [0.3, 0.4) is 0 Å². The Hall–Kier alpha value is -1.50. The molecular formula is C15H23FN2O3. The fraction of sp³-hybridized carbons (Fsp3) is 0.533. The van der Waals surface area contributed by atoms with Crippen molar-refractivity contribution < 1.29 is 18.7 Å². The van der Waals surface area contributed by atoms with Crippen molar-refractivity contribution in [2.75, 3.05) is 33.9 Å². The van der Waals surface area contributed by atoms with E-state index in [2.05, 4.69) is 4.74 Å². The molecule has 0 saturated heterocycles. The molecule has 2 N–H and O–H groups in total. The minimum atomic E-state index is -0.299. The predicted octanol–water partition coefficient (Wildman–Crippen LogP) is 1.30. The second-order valence-corrected chi connectivity index (χ2v) is 4.77. The van der Waals surface area contributed by atoms with Gasteiger partial charge in [0.1, 0.15) is 5.82 Å². The zero-order chi connectivity index (χ0) is 15.7. The number of methoxy groups -OCH3 is 2. The first-order valence-electron chi connectivity index (χ1n) is 6.85. The van der Waals surface area contributed by atoms with Crippen LogP contribution in [0.15, 0.2) is 18.2 Å². The molecule has 1 aromatic carbocycles. The van der Waals surface area contributed by atoms with Gasteiger partial charge in [-0.1, -0.05) is 6.07 Å². The first-order chi connectivity index (χ1) is 10.1. The molecule has 0 aliphatic carbocycles. The van der Waals surface area contributed by atoms with E-state index in [1.807, 2.05) is 11.0 Å². The maximum atomic E-state index is 13.5. The van der Waals surface area contributed by atoms with Crippen LogP contribution in [0.25, 0.3) is 0 Å². The average molecular weight is 298 g/mol. The van der Waals surface area contributed by atoms with Crippen molar-refractivity contribution in [3.8, 4) is 0 Å². The Bertz CT molecular complexity index is 455. The highest BCUT2D eigenvalue weighted by Gasteiger charge is 2.10. The number of nitrogens with zero attached hydrogens (tertiary/aromatic N) is 1. The number of hydrogen-bond acceptors (Lipinski definition) is 5. The van der Waals surface area contributed by atoms with Crippen molar-refractivity contribution in [1.82, 2.24) is 4.90 Å². The van der Waals surface area contributed by atoms with E-state index in [9.17, 15) is 9.18 Å². The summed E-state index contributed by atoms with van der Waals surface area (Å²) in [6.07, 6.45) is 0.291. The Balaban J connectivity index is 2.70. The minimum Gasteiger partial charge on any atom is -0.469 e. The SMILES string of the molecule is COCCN(CCC(=O)OC)Cc1cc(F)cc(CN)c1. The molecule has 5 nitrogen and oxygen atoms in total. The van der Waals surface area contributed by atoms with Gasteiger partial charge in [-0.05, 0) is 23.3 Å². The molecule has 21 heavy (non-hydrogen) atoms. The lowest BCUT2D eigenvalue weighted by Gasteiger charge is -2.22. The zero-order valence-electron chi connectivity index (χ0n) is 12.6. The van der Waals surface area contributed by atoms with Crippen LogP contribution in [-0.2, 0) is 27.4 Å². The first kappa shape index (κ1) is 17.6. The second-order valence-electron chi connectivity index (χ2n) is 4.77. The number of hydrogen-bond donors (Lipinski definition) is 1. The van der Waals surface area contributed by atoms with Gasteiger partial charge in [-0.15, -0.1) is 0 Å². The molecule has 0 saturated carbocycles. The van der Waals surface area contributed by atoms with Crippen LogP contribution < -0.4 is 5.73 Å². The molecule has 0 aromatic heterocycles. The van der Waals surface area contributed by atoms with Gasteiger partial charge in [0, 0.05) is 33.3 Å². The molecule has 0 radical (unpaired) electrons. The third-order valence-corrected chi connectivity index (χ3v) is 3.13. The summed E-state index contributed by atoms with van der Waals surface area (Å²) in [6.45, 7) is 2.56. The Kier molecular flexibility index (Phi) is 7.89. The van der Waals surface area contributed by atoms with Crippen LogP contribution in [0.1, 0.15) is 17.5 Å². The van der Waals surface area contributed by atoms with Crippen LogP contribution in [0.2, 0.25) is 0 Å². The van der Waals surface area contributed by atoms with E-state index in [0.29, 0.717) is 39.2 Å². The third-order valence-electron chi connectivity index (χ3n) is 3.13. The summed E-state index contributed by atoms with van der Waals surface area (Å²) < 4.78 is 23.2. The number of benzene rings is 1. The van der Waals surface area contributed by atoms with Crippen LogP contribution in [0.5, 0.6) is 0 Å². The van der Waals surface area contributed by atoms with Gasteiger partial charge in [-0.3, -0.25) is 9.69 Å². The van der Waals surface area contributed by atoms with Crippen LogP contribution in [0.4, 0.5) is 4.39 Å². The quantitative estimate of drug-likeness (QED) is 0.696. The summed E-state index contributed by atoms with van der Waals surface area (Å²) in [6, 6.07) is 4.79. The molecule has 118 valence electrons. The zero-order valence-corrected chi connectivity index (χ0v) is 12.6. The molecule has 0 amide bonds. The van der Waals surface area contributed by atoms with Crippen molar-refractivity contribution in [2.24, 2.45) is 5.73 Å². The summed E-state index contributed by atoms with van der Waals surface area (Å²) in [7, 11) is 2.98. The summed E-state index contributed by atoms with van der Waals surface area (Å²) in [5, 5.41) is 0. The number of rotatable bonds is 9. The van der Waals surface area contributed by atoms with Crippen molar-refractivity contribution >= 4 is 5.97 Å². The molecule has 0 fully saturated rings. The fourth-order valence-electron chi connectivity index (χ4n) is 2.03. The van der Waals surface area contributed by atoms with Gasteiger partial charge in [0.25, 0.3) is 0 Å². The van der Waals surface area contributed by atoms with E-state index >= 15 is 0 Å². The Morgan fingerprint density at radius 1 is 1.24 bits per heavy atom. The number of ether oxygens (including phenoxy) is 2. The molecule has 6 heteroatoms. The molecule has 0 aliphatic heterocycles. The third kappa shape index (κ3) is 6.66. The Labute approximate surface area is 124 Å². The van der Waals surface area contributed by atoms with Gasteiger partial charge in [0.15, 0.2) is 0 Å². The van der Waals surface area contributed by atoms with Gasteiger partial charge in [0.05, 0.1) is 20.1 Å². The highest BCUT2D eigenvalue weighted by molar-refractivity contribution is 5.69. The monoisotopic (exact) mass is 298 g/mol. The average Bonchev–Trinajstić information content (AvgIpc) is 2.48. The minimum absolute atomic E-state index is 0.265. The highest BCUT2D eigenvalue weighted by Crippen LogP contribution is 2.12. The molecule has 0 unspecified atom stereocenters. The normalized spacial score (nSPS) is 10.9. The van der Waals surface area contributed by atoms with E-state index in [0.717, 1.165) is 11.1 Å². The van der Waals surface area contributed by atoms with Gasteiger partial charge in [-0.2, -0.15) is 0 Å². The molecule has 0 aliphatic rings. The topological polar surface area (TPSA) is 64.8 Å². The van der Waals surface area contributed by atoms with E-state index in [-0.39, 0.29) is 11.8 Å². The van der Waals surface area contributed by atoms with Crippen molar-refractivity contribution in [3.63, 3.8) is 0 Å². The van der Waals surface area contributed by atoms with Crippen molar-refractivity contribution in [3.05, 3.63) is 35.1 Å². The van der Waals surface area contributed by atoms with Crippen LogP contribution in [0, 0.1) is 5.82 Å². The fourth-order valence-corrected chi connectivity index (χ4v) is 2.03. The molecular weight excluding hydrogens is 275 g/mol. The molecule has 0 heterocycles. The maximum absolute atomic E-state index is 13.5. The molecule has 1 aromatic rings. The lowest BCUT2D eigenvalue weighted by atomic mass is 10.1. The highest BCUT2D eigenvalue weighted by atomic mass is 19.1. The molecule has 0 atom stereocenters. The van der Waals surface area contributed by atoms with Gasteiger partial charge in [0.2, 0.25) is 0 Å². The summed E-state index contributed by atoms with van der Waals surface area (Å²) >= 11 is 0. The summed E-state index contributed by atoms with van der Waals surface area (Å²) in [5.74, 6) is -0.563. The summed E-state index contributed by atoms with van der Waals surface area (Å²) in [5.41, 5.74) is 7.14. The van der Waals surface area contributed by atoms with Crippen molar-refractivity contribution in [1.29, 1.82) is 0 Å². The first-order valence-corrected chi connectivity index (χ1v) is 6.85. The molecule has 1 rings (SSSR count). The van der Waals surface area contributed by atoms with Crippen molar-refractivity contribution in [2.45, 2.75) is 19.5 Å². The Morgan fingerprint density at radius 2 is 1.95 bits per heavy atom. The molecule has 0 spiro atoms. The largest absolute Gasteiger partial charge is 0.469 e. The standard InChI is InChI=1S/C15H23FN2O3/c1-20-6-5-18(4-3-15(19)21-2)11-13-7-12(10-17)8-14(16)9-13/h7-9H,3-6,10-11,17H2,1-2H3. The van der Waals surface area contributed by atoms with Gasteiger partial charge >= 0.3 is 5.97 Å². The van der Waals surface area contributed by atoms with E-state index in [4.69, 9.17) is 10.5 Å². The van der Waals surface area contributed by atoms with E-state index in [1.54, 1.807) is 7.11 Å². The van der Waals surface area contributed by atoms with Gasteiger partial charge < -0.3 is 15.2 Å². The molecule has 0 bridgehead atoms. The number of carbonyl (C=O) groups is 1. The second kappa shape index (κ2) is 9.44. The van der Waals surface area contributed by atoms with Gasteiger partial charge in [-0.25, -0.2) is 4.39 Å². The maximum Gasteiger partial charge on any atom is 0.306 e. The van der Waals surface area contributed by atoms with E-state index < -0.39 is 0 Å². The number of esters is 1. The smallest absolute Gasteiger partial charge is 0.306 e. The lowest BCUT2D eigenvalue weighted by Crippen LogP contribution is -2.29.